The number of aliphatic imine (C=N–C) groups is 1. The van der Waals surface area contributed by atoms with Crippen molar-refractivity contribution in [2.24, 2.45) is 10.9 Å². The van der Waals surface area contributed by atoms with Crippen LogP contribution in [0.3, 0.4) is 0 Å². The van der Waals surface area contributed by atoms with E-state index >= 15 is 0 Å². The molecule has 0 bridgehead atoms. The van der Waals surface area contributed by atoms with Crippen molar-refractivity contribution in [3.05, 3.63) is 0 Å². The molecule has 3 rings (SSSR count). The van der Waals surface area contributed by atoms with Crippen molar-refractivity contribution in [2.45, 2.75) is 93.7 Å². The van der Waals surface area contributed by atoms with Crippen LogP contribution >= 0.6 is 11.6 Å². The molecule has 33 heavy (non-hydrogen) atoms. The Morgan fingerprint density at radius 2 is 1.94 bits per heavy atom. The molecule has 2 saturated carbocycles. The van der Waals surface area contributed by atoms with E-state index in [2.05, 4.69) is 21.1 Å². The third-order valence-corrected chi connectivity index (χ3v) is 7.11. The summed E-state index contributed by atoms with van der Waals surface area (Å²) in [6.45, 7) is -0.339. The van der Waals surface area contributed by atoms with Gasteiger partial charge in [-0.3, -0.25) is 10.1 Å². The third kappa shape index (κ3) is 7.68. The van der Waals surface area contributed by atoms with E-state index in [-0.39, 0.29) is 54.9 Å². The lowest BCUT2D eigenvalue weighted by Crippen LogP contribution is -2.51. The van der Waals surface area contributed by atoms with E-state index in [4.69, 9.17) is 16.3 Å². The number of hydrogen-bond donors (Lipinski definition) is 4. The molecule has 0 radical (unpaired) electrons. The van der Waals surface area contributed by atoms with E-state index in [0.717, 1.165) is 32.1 Å². The Bertz CT molecular complexity index is 676. The fraction of sp³-hybridized carbons (Fsp3) is 0.905. The molecule has 0 spiro atoms. The second-order valence-electron chi connectivity index (χ2n) is 9.14. The maximum atomic E-state index is 13.3. The number of aliphatic hydroxyl groups excluding tert-OH is 1. The van der Waals surface area contributed by atoms with Gasteiger partial charge >= 0.3 is 6.18 Å². The number of alkyl halides is 4. The molecule has 4 atom stereocenters. The number of methoxy groups -OCH3 is 1. The molecule has 0 aromatic rings. The number of nitrogens with zero attached hydrogens (tertiary/aromatic N) is 2. The molecular formula is C21H35ClF3N5O3. The maximum absolute atomic E-state index is 13.3. The van der Waals surface area contributed by atoms with E-state index < -0.39 is 18.4 Å². The zero-order chi connectivity index (χ0) is 24.0. The fourth-order valence-corrected chi connectivity index (χ4v) is 5.19. The van der Waals surface area contributed by atoms with Gasteiger partial charge in [0.15, 0.2) is 5.96 Å². The molecule has 190 valence electrons. The van der Waals surface area contributed by atoms with Crippen LogP contribution in [-0.4, -0.2) is 78.2 Å². The highest BCUT2D eigenvalue weighted by molar-refractivity contribution is 6.20. The summed E-state index contributed by atoms with van der Waals surface area (Å²) < 4.78 is 45.3. The topological polar surface area (TPSA) is 98.2 Å². The van der Waals surface area contributed by atoms with Gasteiger partial charge in [0.1, 0.15) is 12.2 Å². The van der Waals surface area contributed by atoms with Crippen LogP contribution in [0, 0.1) is 5.92 Å². The van der Waals surface area contributed by atoms with Gasteiger partial charge in [0, 0.05) is 37.4 Å². The van der Waals surface area contributed by atoms with E-state index in [1.54, 1.807) is 7.11 Å². The van der Waals surface area contributed by atoms with Gasteiger partial charge in [0.2, 0.25) is 5.91 Å². The fourth-order valence-electron chi connectivity index (χ4n) is 4.82. The molecule has 0 aromatic heterocycles. The minimum absolute atomic E-state index is 0.00571. The summed E-state index contributed by atoms with van der Waals surface area (Å²) in [5.74, 6) is -0.225. The van der Waals surface area contributed by atoms with E-state index in [0.29, 0.717) is 19.3 Å². The van der Waals surface area contributed by atoms with Crippen LogP contribution in [0.15, 0.2) is 4.99 Å². The monoisotopic (exact) mass is 497 g/mol. The molecule has 8 nitrogen and oxygen atoms in total. The minimum atomic E-state index is -4.44. The van der Waals surface area contributed by atoms with Crippen molar-refractivity contribution in [2.75, 3.05) is 20.3 Å². The van der Waals surface area contributed by atoms with Crippen LogP contribution in [0.25, 0.3) is 0 Å². The predicted octanol–water partition coefficient (Wildman–Crippen LogP) is 2.26. The van der Waals surface area contributed by atoms with Gasteiger partial charge in [-0.25, -0.2) is 15.4 Å². The normalized spacial score (nSPS) is 34.3. The molecule has 12 heteroatoms. The van der Waals surface area contributed by atoms with Gasteiger partial charge in [-0.15, -0.1) is 11.6 Å². The number of carbonyl (C=O) groups is 1. The molecule has 1 aliphatic heterocycles. The summed E-state index contributed by atoms with van der Waals surface area (Å²) >= 11 is 6.30. The van der Waals surface area contributed by atoms with E-state index in [1.807, 2.05) is 0 Å². The lowest BCUT2D eigenvalue weighted by molar-refractivity contribution is -0.157. The number of carbonyl (C=O) groups excluding carboxylic acids is 1. The lowest BCUT2D eigenvalue weighted by atomic mass is 9.87. The Hall–Kier alpha value is -1.14. The van der Waals surface area contributed by atoms with Crippen LogP contribution in [-0.2, 0) is 9.53 Å². The van der Waals surface area contributed by atoms with Gasteiger partial charge in [0.25, 0.3) is 0 Å². The molecule has 0 aromatic carbocycles. The third-order valence-electron chi connectivity index (χ3n) is 6.71. The van der Waals surface area contributed by atoms with E-state index in [9.17, 15) is 23.1 Å². The first-order valence-electron chi connectivity index (χ1n) is 11.7. The Kier molecular flexibility index (Phi) is 9.63. The number of ether oxygens (including phenoxy) is 1. The molecule has 1 amide bonds. The smallest absolute Gasteiger partial charge is 0.395 e. The second kappa shape index (κ2) is 12.0. The number of hydrazine groups is 1. The Labute approximate surface area is 197 Å². The standard InChI is InChI=1S/C21H35ClF3N5O3/c1-33-16-7-5-13(6-8-16)19(32)28-20(26-15-4-2-3-14(22)11-15)27-18-12-17(21(23,24)25)29-30(18)9-10-31/h13-18,29,31H,2-12H2,1H3,(H2,26,27,28,32). The van der Waals surface area contributed by atoms with Crippen LogP contribution in [0.2, 0.25) is 0 Å². The molecule has 3 fully saturated rings. The first-order chi connectivity index (χ1) is 15.7. The maximum Gasteiger partial charge on any atom is 0.405 e. The lowest BCUT2D eigenvalue weighted by Gasteiger charge is -2.30. The first-order valence-corrected chi connectivity index (χ1v) is 12.2. The highest BCUT2D eigenvalue weighted by Gasteiger charge is 2.47. The average molecular weight is 498 g/mol. The number of amides is 1. The summed E-state index contributed by atoms with van der Waals surface area (Å²) in [5, 5.41) is 16.7. The largest absolute Gasteiger partial charge is 0.405 e. The second-order valence-corrected chi connectivity index (χ2v) is 9.76. The minimum Gasteiger partial charge on any atom is -0.395 e. The summed E-state index contributed by atoms with van der Waals surface area (Å²) in [6, 6.07) is -1.79. The summed E-state index contributed by atoms with van der Waals surface area (Å²) in [5.41, 5.74) is 2.39. The number of rotatable bonds is 6. The van der Waals surface area contributed by atoms with Crippen molar-refractivity contribution >= 4 is 23.5 Å². The quantitative estimate of drug-likeness (QED) is 0.255. The molecule has 3 aliphatic rings. The number of aliphatic hydroxyl groups is 1. The number of nitrogens with one attached hydrogen (secondary N) is 3. The first kappa shape index (κ1) is 26.5. The molecule has 4 N–H and O–H groups in total. The molecule has 1 heterocycles. The Balaban J connectivity index is 1.73. The van der Waals surface area contributed by atoms with Crippen LogP contribution < -0.4 is 16.1 Å². The van der Waals surface area contributed by atoms with Crippen molar-refractivity contribution in [1.82, 2.24) is 21.1 Å². The molecule has 2 aliphatic carbocycles. The zero-order valence-electron chi connectivity index (χ0n) is 18.9. The van der Waals surface area contributed by atoms with Gasteiger partial charge in [0.05, 0.1) is 12.7 Å². The van der Waals surface area contributed by atoms with Gasteiger partial charge in [-0.2, -0.15) is 13.2 Å². The summed E-state index contributed by atoms with van der Waals surface area (Å²) in [4.78, 5) is 17.4. The van der Waals surface area contributed by atoms with Crippen molar-refractivity contribution in [3.63, 3.8) is 0 Å². The number of hydrogen-bond acceptors (Lipinski definition) is 6. The molecule has 4 unspecified atom stereocenters. The average Bonchev–Trinajstić information content (AvgIpc) is 3.17. The number of guanidine groups is 1. The van der Waals surface area contributed by atoms with Gasteiger partial charge in [-0.05, 0) is 51.4 Å². The van der Waals surface area contributed by atoms with Crippen molar-refractivity contribution in [3.8, 4) is 0 Å². The summed E-state index contributed by atoms with van der Waals surface area (Å²) in [6.07, 6.45) is 0.809. The predicted molar refractivity (Wildman–Crippen MR) is 119 cm³/mol. The van der Waals surface area contributed by atoms with Gasteiger partial charge < -0.3 is 15.2 Å². The SMILES string of the molecule is COC1CCC(C(=O)N/C(=N\C2CC(C(F)(F)F)NN2CCO)NC2CCCC(Cl)C2)CC1. The number of halogens is 4. The molecule has 1 saturated heterocycles. The van der Waals surface area contributed by atoms with E-state index in [1.165, 1.54) is 5.01 Å². The summed E-state index contributed by atoms with van der Waals surface area (Å²) in [7, 11) is 1.66. The van der Waals surface area contributed by atoms with Crippen LogP contribution in [0.1, 0.15) is 57.8 Å². The molecular weight excluding hydrogens is 463 g/mol. The van der Waals surface area contributed by atoms with Crippen molar-refractivity contribution in [1.29, 1.82) is 0 Å². The highest BCUT2D eigenvalue weighted by Crippen LogP contribution is 2.30. The highest BCUT2D eigenvalue weighted by atomic mass is 35.5. The van der Waals surface area contributed by atoms with Crippen molar-refractivity contribution < 1.29 is 27.8 Å². The van der Waals surface area contributed by atoms with Crippen LogP contribution in [0.4, 0.5) is 13.2 Å². The van der Waals surface area contributed by atoms with Gasteiger partial charge in [-0.1, -0.05) is 0 Å². The van der Waals surface area contributed by atoms with Crippen LogP contribution in [0.5, 0.6) is 0 Å². The zero-order valence-corrected chi connectivity index (χ0v) is 19.7. The Morgan fingerprint density at radius 1 is 1.21 bits per heavy atom. The number of β-amino-alcohol motifs (C(OH)–C–C–N with tert-alkyl or cyclic N) is 1. The Morgan fingerprint density at radius 3 is 2.55 bits per heavy atom.